The Hall–Kier alpha value is -1.60. The van der Waals surface area contributed by atoms with Crippen LogP contribution in [0.5, 0.6) is 0 Å². The molecule has 0 heterocycles. The molecule has 0 spiro atoms. The second-order valence-electron chi connectivity index (χ2n) is 3.79. The molecule has 0 saturated heterocycles. The highest BCUT2D eigenvalue weighted by atomic mass is 35.5. The van der Waals surface area contributed by atoms with Crippen LogP contribution in [-0.2, 0) is 0 Å². The summed E-state index contributed by atoms with van der Waals surface area (Å²) in [6, 6.07) is 10.1. The molecule has 0 radical (unpaired) electrons. The molecule has 0 aromatic heterocycles. The highest BCUT2D eigenvalue weighted by molar-refractivity contribution is 6.40. The SMILES string of the molecule is N#Cc1ccc(Cl)c(Nc2c(Cl)cc(N)cc2Cl)c1. The second kappa shape index (κ2) is 5.58. The molecule has 96 valence electrons. The van der Waals surface area contributed by atoms with Gasteiger partial charge in [0.1, 0.15) is 0 Å². The van der Waals surface area contributed by atoms with Crippen LogP contribution in [0.3, 0.4) is 0 Å². The lowest BCUT2D eigenvalue weighted by atomic mass is 10.2. The predicted octanol–water partition coefficient (Wildman–Crippen LogP) is 4.84. The molecule has 0 atom stereocenters. The Bertz CT molecular complexity index is 654. The summed E-state index contributed by atoms with van der Waals surface area (Å²) in [6.45, 7) is 0. The van der Waals surface area contributed by atoms with E-state index in [1.165, 1.54) is 0 Å². The van der Waals surface area contributed by atoms with Crippen LogP contribution >= 0.6 is 34.8 Å². The van der Waals surface area contributed by atoms with Crippen molar-refractivity contribution in [1.82, 2.24) is 0 Å². The van der Waals surface area contributed by atoms with Crippen molar-refractivity contribution in [2.75, 3.05) is 11.1 Å². The van der Waals surface area contributed by atoms with Crippen LogP contribution in [0.1, 0.15) is 5.56 Å². The van der Waals surface area contributed by atoms with E-state index in [4.69, 9.17) is 45.8 Å². The van der Waals surface area contributed by atoms with Gasteiger partial charge in [0.05, 0.1) is 38.1 Å². The number of halogens is 3. The van der Waals surface area contributed by atoms with E-state index in [1.54, 1.807) is 30.3 Å². The van der Waals surface area contributed by atoms with Gasteiger partial charge in [-0.05, 0) is 30.3 Å². The molecule has 6 heteroatoms. The largest absolute Gasteiger partial charge is 0.399 e. The maximum absolute atomic E-state index is 8.88. The molecule has 0 unspecified atom stereocenters. The van der Waals surface area contributed by atoms with Crippen molar-refractivity contribution >= 4 is 51.9 Å². The Balaban J connectivity index is 2.45. The van der Waals surface area contributed by atoms with Crippen molar-refractivity contribution in [2.24, 2.45) is 0 Å². The molecule has 0 aliphatic carbocycles. The van der Waals surface area contributed by atoms with Crippen LogP contribution < -0.4 is 11.1 Å². The molecule has 0 aliphatic heterocycles. The molecule has 0 bridgehead atoms. The van der Waals surface area contributed by atoms with Gasteiger partial charge >= 0.3 is 0 Å². The number of nitriles is 1. The average molecular weight is 313 g/mol. The van der Waals surface area contributed by atoms with Gasteiger partial charge in [0.15, 0.2) is 0 Å². The molecular formula is C13H8Cl3N3. The van der Waals surface area contributed by atoms with Crippen molar-refractivity contribution in [2.45, 2.75) is 0 Å². The number of hydrogen-bond acceptors (Lipinski definition) is 3. The summed E-state index contributed by atoms with van der Waals surface area (Å²) in [5.74, 6) is 0. The van der Waals surface area contributed by atoms with Gasteiger partial charge in [-0.1, -0.05) is 34.8 Å². The Morgan fingerprint density at radius 3 is 2.21 bits per heavy atom. The first kappa shape index (κ1) is 13.8. The fraction of sp³-hybridized carbons (Fsp3) is 0. The van der Waals surface area contributed by atoms with Crippen molar-refractivity contribution in [3.63, 3.8) is 0 Å². The Morgan fingerprint density at radius 1 is 1.00 bits per heavy atom. The monoisotopic (exact) mass is 311 g/mol. The minimum absolute atomic E-state index is 0.378. The van der Waals surface area contributed by atoms with Gasteiger partial charge in [-0.3, -0.25) is 0 Å². The van der Waals surface area contributed by atoms with E-state index in [0.29, 0.717) is 37.7 Å². The maximum Gasteiger partial charge on any atom is 0.0992 e. The third-order valence-electron chi connectivity index (χ3n) is 2.42. The number of nitrogens with one attached hydrogen (secondary N) is 1. The van der Waals surface area contributed by atoms with Gasteiger partial charge in [0, 0.05) is 5.69 Å². The van der Waals surface area contributed by atoms with E-state index < -0.39 is 0 Å². The van der Waals surface area contributed by atoms with Gasteiger partial charge in [-0.15, -0.1) is 0 Å². The fourth-order valence-electron chi connectivity index (χ4n) is 1.54. The number of rotatable bonds is 2. The zero-order valence-electron chi connectivity index (χ0n) is 9.55. The van der Waals surface area contributed by atoms with E-state index in [-0.39, 0.29) is 0 Å². The predicted molar refractivity (Wildman–Crippen MR) is 80.3 cm³/mol. The van der Waals surface area contributed by atoms with Gasteiger partial charge < -0.3 is 11.1 Å². The van der Waals surface area contributed by atoms with Crippen LogP contribution in [0, 0.1) is 11.3 Å². The molecule has 0 amide bonds. The van der Waals surface area contributed by atoms with Crippen LogP contribution in [0.2, 0.25) is 15.1 Å². The number of nitrogens with two attached hydrogens (primary N) is 1. The molecule has 0 saturated carbocycles. The minimum atomic E-state index is 0.378. The zero-order valence-corrected chi connectivity index (χ0v) is 11.8. The van der Waals surface area contributed by atoms with Crippen molar-refractivity contribution in [1.29, 1.82) is 5.26 Å². The van der Waals surface area contributed by atoms with Gasteiger partial charge in [0.2, 0.25) is 0 Å². The minimum Gasteiger partial charge on any atom is -0.399 e. The average Bonchev–Trinajstić information content (AvgIpc) is 2.35. The highest BCUT2D eigenvalue weighted by Gasteiger charge is 2.10. The van der Waals surface area contributed by atoms with E-state index in [1.807, 2.05) is 6.07 Å². The topological polar surface area (TPSA) is 61.8 Å². The van der Waals surface area contributed by atoms with E-state index in [0.717, 1.165) is 0 Å². The van der Waals surface area contributed by atoms with Gasteiger partial charge in [-0.2, -0.15) is 5.26 Å². The summed E-state index contributed by atoms with van der Waals surface area (Å²) < 4.78 is 0. The Labute approximate surface area is 125 Å². The molecule has 3 N–H and O–H groups in total. The van der Waals surface area contributed by atoms with Gasteiger partial charge in [0.25, 0.3) is 0 Å². The standard InChI is InChI=1S/C13H8Cl3N3/c14-9-2-1-7(6-17)3-12(9)19-13-10(15)4-8(18)5-11(13)16/h1-5,19H,18H2. The number of anilines is 3. The molecule has 2 aromatic rings. The molecular weight excluding hydrogens is 305 g/mol. The summed E-state index contributed by atoms with van der Waals surface area (Å²) in [4.78, 5) is 0. The quantitative estimate of drug-likeness (QED) is 0.780. The molecule has 3 nitrogen and oxygen atoms in total. The lowest BCUT2D eigenvalue weighted by molar-refractivity contribution is 1.47. The Kier molecular flexibility index (Phi) is 4.06. The van der Waals surface area contributed by atoms with Gasteiger partial charge in [-0.25, -0.2) is 0 Å². The van der Waals surface area contributed by atoms with Crippen molar-refractivity contribution < 1.29 is 0 Å². The number of nitrogens with zero attached hydrogens (tertiary/aromatic N) is 1. The lowest BCUT2D eigenvalue weighted by Gasteiger charge is -2.12. The first-order valence-electron chi connectivity index (χ1n) is 5.22. The summed E-state index contributed by atoms with van der Waals surface area (Å²) >= 11 is 18.2. The zero-order chi connectivity index (χ0) is 14.0. The van der Waals surface area contributed by atoms with E-state index >= 15 is 0 Å². The van der Waals surface area contributed by atoms with Crippen LogP contribution in [-0.4, -0.2) is 0 Å². The maximum atomic E-state index is 8.88. The molecule has 0 fully saturated rings. The summed E-state index contributed by atoms with van der Waals surface area (Å²) in [7, 11) is 0. The highest BCUT2D eigenvalue weighted by Crippen LogP contribution is 2.36. The third kappa shape index (κ3) is 3.05. The first-order valence-corrected chi connectivity index (χ1v) is 6.36. The third-order valence-corrected chi connectivity index (χ3v) is 3.35. The van der Waals surface area contributed by atoms with Crippen LogP contribution in [0.15, 0.2) is 30.3 Å². The van der Waals surface area contributed by atoms with Crippen molar-refractivity contribution in [3.05, 3.63) is 51.0 Å². The summed E-state index contributed by atoms with van der Waals surface area (Å²) in [5, 5.41) is 13.1. The number of nitrogen functional groups attached to an aromatic ring is 1. The Morgan fingerprint density at radius 2 is 1.63 bits per heavy atom. The molecule has 2 rings (SSSR count). The molecule has 0 aliphatic rings. The lowest BCUT2D eigenvalue weighted by Crippen LogP contribution is -1.95. The van der Waals surface area contributed by atoms with E-state index in [2.05, 4.69) is 5.32 Å². The molecule has 19 heavy (non-hydrogen) atoms. The molecule has 2 aromatic carbocycles. The second-order valence-corrected chi connectivity index (χ2v) is 5.01. The van der Waals surface area contributed by atoms with Crippen molar-refractivity contribution in [3.8, 4) is 6.07 Å². The van der Waals surface area contributed by atoms with E-state index in [9.17, 15) is 0 Å². The number of benzene rings is 2. The fourth-order valence-corrected chi connectivity index (χ4v) is 2.30. The van der Waals surface area contributed by atoms with Crippen LogP contribution in [0.4, 0.5) is 17.1 Å². The smallest absolute Gasteiger partial charge is 0.0992 e. The number of hydrogen-bond donors (Lipinski definition) is 2. The first-order chi connectivity index (χ1) is 9.01. The normalized spacial score (nSPS) is 10.0. The van der Waals surface area contributed by atoms with Crippen LogP contribution in [0.25, 0.3) is 0 Å². The summed E-state index contributed by atoms with van der Waals surface area (Å²) in [5.41, 5.74) is 7.63. The summed E-state index contributed by atoms with van der Waals surface area (Å²) in [6.07, 6.45) is 0.